The molecule has 7 nitrogen and oxygen atoms in total. The molecule has 1 saturated heterocycles. The average molecular weight is 421 g/mol. The molecule has 3 rings (SSSR count). The number of hydrogen-bond acceptors (Lipinski definition) is 5. The zero-order valence-corrected chi connectivity index (χ0v) is 16.7. The summed E-state index contributed by atoms with van der Waals surface area (Å²) in [5.74, 6) is -2.32. The van der Waals surface area contributed by atoms with Crippen molar-refractivity contribution in [2.75, 3.05) is 36.8 Å². The molecule has 29 heavy (non-hydrogen) atoms. The first-order valence-corrected chi connectivity index (χ1v) is 11.0. The number of hydroxylamine groups is 1. The number of anilines is 1. The first-order valence-electron chi connectivity index (χ1n) is 9.35. The fourth-order valence-electron chi connectivity index (χ4n) is 3.45. The van der Waals surface area contributed by atoms with Gasteiger partial charge >= 0.3 is 0 Å². The normalized spacial score (nSPS) is 16.4. The maximum absolute atomic E-state index is 13.1. The molecule has 0 spiro atoms. The predicted octanol–water partition coefficient (Wildman–Crippen LogP) is 1.64. The van der Waals surface area contributed by atoms with E-state index in [0.29, 0.717) is 13.1 Å². The summed E-state index contributed by atoms with van der Waals surface area (Å²) in [4.78, 5) is 14.1. The highest BCUT2D eigenvalue weighted by Gasteiger charge is 2.32. The zero-order valence-electron chi connectivity index (χ0n) is 15.9. The van der Waals surface area contributed by atoms with Gasteiger partial charge in [0.15, 0.2) is 0 Å². The number of carbonyl (C=O) groups excluding carboxylic acids is 1. The second-order valence-electron chi connectivity index (χ2n) is 7.00. The second-order valence-corrected chi connectivity index (χ2v) is 9.02. The highest BCUT2D eigenvalue weighted by molar-refractivity contribution is 7.89. The van der Waals surface area contributed by atoms with Crippen molar-refractivity contribution in [3.63, 3.8) is 0 Å². The SMILES string of the molecule is O=C(NO)C(Cc1ccccc1)CS(=O)(=O)N1CCN(c2ccc(F)cc2)CC1. The molecule has 0 radical (unpaired) electrons. The monoisotopic (exact) mass is 421 g/mol. The lowest BCUT2D eigenvalue weighted by Crippen LogP contribution is -2.50. The van der Waals surface area contributed by atoms with E-state index in [1.807, 2.05) is 35.2 Å². The van der Waals surface area contributed by atoms with Crippen LogP contribution < -0.4 is 10.4 Å². The second kappa shape index (κ2) is 9.34. The number of benzene rings is 2. The van der Waals surface area contributed by atoms with E-state index < -0.39 is 21.8 Å². The van der Waals surface area contributed by atoms with Crippen LogP contribution in [0.5, 0.6) is 0 Å². The van der Waals surface area contributed by atoms with Gasteiger partial charge in [0.2, 0.25) is 15.9 Å². The lowest BCUT2D eigenvalue weighted by Gasteiger charge is -2.35. The summed E-state index contributed by atoms with van der Waals surface area (Å²) in [6.45, 7) is 1.50. The van der Waals surface area contributed by atoms with Crippen LogP contribution >= 0.6 is 0 Å². The van der Waals surface area contributed by atoms with Crippen molar-refractivity contribution in [3.8, 4) is 0 Å². The van der Waals surface area contributed by atoms with Crippen LogP contribution in [-0.2, 0) is 21.2 Å². The van der Waals surface area contributed by atoms with Crippen molar-refractivity contribution in [2.45, 2.75) is 6.42 Å². The van der Waals surface area contributed by atoms with Gasteiger partial charge in [0.1, 0.15) is 5.82 Å². The van der Waals surface area contributed by atoms with Gasteiger partial charge in [-0.3, -0.25) is 10.0 Å². The minimum Gasteiger partial charge on any atom is -0.369 e. The molecule has 1 heterocycles. The number of nitrogens with zero attached hydrogens (tertiary/aromatic N) is 2. The van der Waals surface area contributed by atoms with Gasteiger partial charge in [-0.2, -0.15) is 4.31 Å². The van der Waals surface area contributed by atoms with Crippen molar-refractivity contribution in [2.24, 2.45) is 5.92 Å². The molecule has 0 aliphatic carbocycles. The molecule has 9 heteroatoms. The standard InChI is InChI=1S/C20H24FN3O4S/c21-18-6-8-19(9-7-18)23-10-12-24(13-11-23)29(27,28)15-17(20(25)22-26)14-16-4-2-1-3-5-16/h1-9,17,26H,10-15H2,(H,22,25). The van der Waals surface area contributed by atoms with Gasteiger partial charge < -0.3 is 4.90 Å². The number of carbonyl (C=O) groups is 1. The summed E-state index contributed by atoms with van der Waals surface area (Å²) in [7, 11) is -3.70. The van der Waals surface area contributed by atoms with Gasteiger partial charge in [0.05, 0.1) is 11.7 Å². The highest BCUT2D eigenvalue weighted by atomic mass is 32.2. The summed E-state index contributed by atoms with van der Waals surface area (Å²) in [6.07, 6.45) is 0.210. The van der Waals surface area contributed by atoms with Crippen LogP contribution in [0.25, 0.3) is 0 Å². The number of amides is 1. The Hall–Kier alpha value is -2.49. The third kappa shape index (κ3) is 5.53. The summed E-state index contributed by atoms with van der Waals surface area (Å²) in [6, 6.07) is 15.2. The molecule has 0 bridgehead atoms. The maximum atomic E-state index is 13.1. The molecule has 2 aromatic rings. The van der Waals surface area contributed by atoms with Crippen LogP contribution in [0.1, 0.15) is 5.56 Å². The van der Waals surface area contributed by atoms with Gasteiger partial charge in [-0.25, -0.2) is 18.3 Å². The Balaban J connectivity index is 1.64. The molecular weight excluding hydrogens is 397 g/mol. The highest BCUT2D eigenvalue weighted by Crippen LogP contribution is 2.20. The topological polar surface area (TPSA) is 89.9 Å². The third-order valence-corrected chi connectivity index (χ3v) is 7.02. The molecule has 1 atom stereocenters. The van der Waals surface area contributed by atoms with E-state index in [0.717, 1.165) is 11.3 Å². The Morgan fingerprint density at radius 1 is 1.03 bits per heavy atom. The van der Waals surface area contributed by atoms with E-state index in [1.54, 1.807) is 17.6 Å². The van der Waals surface area contributed by atoms with E-state index >= 15 is 0 Å². The molecule has 0 aromatic heterocycles. The quantitative estimate of drug-likeness (QED) is 0.524. The summed E-state index contributed by atoms with van der Waals surface area (Å²) in [5.41, 5.74) is 3.24. The van der Waals surface area contributed by atoms with E-state index in [-0.39, 0.29) is 31.1 Å². The van der Waals surface area contributed by atoms with Crippen LogP contribution in [0.2, 0.25) is 0 Å². The number of rotatable bonds is 7. The van der Waals surface area contributed by atoms with Gasteiger partial charge in [-0.15, -0.1) is 0 Å². The number of hydrogen-bond donors (Lipinski definition) is 2. The molecule has 1 amide bonds. The van der Waals surface area contributed by atoms with E-state index in [4.69, 9.17) is 5.21 Å². The molecule has 2 aromatic carbocycles. The largest absolute Gasteiger partial charge is 0.369 e. The van der Waals surface area contributed by atoms with Crippen molar-refractivity contribution < 1.29 is 22.8 Å². The number of nitrogens with one attached hydrogen (secondary N) is 1. The average Bonchev–Trinajstić information content (AvgIpc) is 2.74. The van der Waals surface area contributed by atoms with Crippen molar-refractivity contribution in [1.29, 1.82) is 0 Å². The van der Waals surface area contributed by atoms with E-state index in [9.17, 15) is 17.6 Å². The smallest absolute Gasteiger partial charge is 0.247 e. The molecule has 1 unspecified atom stereocenters. The molecule has 1 aliphatic rings. The molecular formula is C20H24FN3O4S. The summed E-state index contributed by atoms with van der Waals surface area (Å²) < 4.78 is 40.2. The van der Waals surface area contributed by atoms with Gasteiger partial charge in [0.25, 0.3) is 0 Å². The van der Waals surface area contributed by atoms with Crippen LogP contribution in [-0.4, -0.2) is 55.8 Å². The van der Waals surface area contributed by atoms with Crippen molar-refractivity contribution in [3.05, 3.63) is 66.0 Å². The first-order chi connectivity index (χ1) is 13.9. The Morgan fingerprint density at radius 2 is 1.66 bits per heavy atom. The van der Waals surface area contributed by atoms with E-state index in [1.165, 1.54) is 16.4 Å². The van der Waals surface area contributed by atoms with Crippen LogP contribution in [0.3, 0.4) is 0 Å². The number of piperazine rings is 1. The van der Waals surface area contributed by atoms with Crippen LogP contribution in [0.4, 0.5) is 10.1 Å². The maximum Gasteiger partial charge on any atom is 0.247 e. The van der Waals surface area contributed by atoms with Crippen molar-refractivity contribution >= 4 is 21.6 Å². The number of sulfonamides is 1. The first kappa shape index (κ1) is 21.2. The molecule has 156 valence electrons. The van der Waals surface area contributed by atoms with Crippen LogP contribution in [0, 0.1) is 11.7 Å². The fraction of sp³-hybridized carbons (Fsp3) is 0.350. The zero-order chi connectivity index (χ0) is 20.9. The molecule has 1 aliphatic heterocycles. The lowest BCUT2D eigenvalue weighted by molar-refractivity contribution is -0.132. The summed E-state index contributed by atoms with van der Waals surface area (Å²) in [5, 5.41) is 9.03. The summed E-state index contributed by atoms with van der Waals surface area (Å²) >= 11 is 0. The third-order valence-electron chi connectivity index (χ3n) is 5.04. The van der Waals surface area contributed by atoms with Gasteiger partial charge in [-0.1, -0.05) is 30.3 Å². The lowest BCUT2D eigenvalue weighted by atomic mass is 10.0. The Bertz CT molecular complexity index is 915. The van der Waals surface area contributed by atoms with E-state index in [2.05, 4.69) is 0 Å². The van der Waals surface area contributed by atoms with Gasteiger partial charge in [0, 0.05) is 31.9 Å². The molecule has 2 N–H and O–H groups in total. The van der Waals surface area contributed by atoms with Crippen molar-refractivity contribution in [1.82, 2.24) is 9.79 Å². The van der Waals surface area contributed by atoms with Gasteiger partial charge in [-0.05, 0) is 36.2 Å². The minimum absolute atomic E-state index is 0.210. The Kier molecular flexibility index (Phi) is 6.83. The molecule has 0 saturated carbocycles. The fourth-order valence-corrected chi connectivity index (χ4v) is 5.16. The molecule has 1 fully saturated rings. The minimum atomic E-state index is -3.70. The predicted molar refractivity (Wildman–Crippen MR) is 108 cm³/mol. The Labute approximate surface area is 169 Å². The number of halogens is 1. The Morgan fingerprint density at radius 3 is 2.24 bits per heavy atom. The van der Waals surface area contributed by atoms with Crippen LogP contribution in [0.15, 0.2) is 54.6 Å².